The van der Waals surface area contributed by atoms with Gasteiger partial charge < -0.3 is 9.47 Å². The Hall–Kier alpha value is -1.02. The first-order chi connectivity index (χ1) is 8.25. The summed E-state index contributed by atoms with van der Waals surface area (Å²) < 4.78 is 11.2. The van der Waals surface area contributed by atoms with Crippen molar-refractivity contribution in [3.63, 3.8) is 0 Å². The van der Waals surface area contributed by atoms with Crippen LogP contribution >= 0.6 is 0 Å². The molecule has 2 rings (SSSR count). The molecule has 0 bridgehead atoms. The zero-order valence-electron chi connectivity index (χ0n) is 10.8. The highest BCUT2D eigenvalue weighted by molar-refractivity contribution is 5.28. The molecule has 94 valence electrons. The van der Waals surface area contributed by atoms with Crippen molar-refractivity contribution in [2.45, 2.75) is 32.6 Å². The Balaban J connectivity index is 1.82. The van der Waals surface area contributed by atoms with E-state index in [1.165, 1.54) is 5.56 Å². The van der Waals surface area contributed by atoms with Crippen molar-refractivity contribution in [3.8, 4) is 5.75 Å². The number of ether oxygens (including phenoxy) is 2. The van der Waals surface area contributed by atoms with Crippen LogP contribution in [0.3, 0.4) is 0 Å². The Labute approximate surface area is 104 Å². The minimum Gasteiger partial charge on any atom is -0.493 e. The minimum absolute atomic E-state index is 0.583. The molecule has 0 atom stereocenters. The molecule has 17 heavy (non-hydrogen) atoms. The zero-order chi connectivity index (χ0) is 12.1. The summed E-state index contributed by atoms with van der Waals surface area (Å²) in [6.07, 6.45) is 2.26. The van der Waals surface area contributed by atoms with Crippen molar-refractivity contribution in [1.82, 2.24) is 0 Å². The smallest absolute Gasteiger partial charge is 0.119 e. The van der Waals surface area contributed by atoms with Gasteiger partial charge in [-0.25, -0.2) is 0 Å². The second-order valence-corrected chi connectivity index (χ2v) is 5.09. The van der Waals surface area contributed by atoms with Gasteiger partial charge >= 0.3 is 0 Å². The lowest BCUT2D eigenvalue weighted by Crippen LogP contribution is -2.21. The lowest BCUT2D eigenvalue weighted by atomic mass is 10.0. The van der Waals surface area contributed by atoms with E-state index in [0.717, 1.165) is 38.4 Å². The van der Waals surface area contributed by atoms with Crippen molar-refractivity contribution < 1.29 is 9.47 Å². The van der Waals surface area contributed by atoms with Crippen molar-refractivity contribution >= 4 is 0 Å². The molecule has 0 spiro atoms. The molecule has 0 unspecified atom stereocenters. The number of benzene rings is 1. The molecule has 0 aliphatic carbocycles. The average Bonchev–Trinajstić information content (AvgIpc) is 2.38. The zero-order valence-corrected chi connectivity index (χ0v) is 10.8. The van der Waals surface area contributed by atoms with Crippen LogP contribution in [0.1, 0.15) is 38.2 Å². The van der Waals surface area contributed by atoms with Gasteiger partial charge in [-0.1, -0.05) is 26.0 Å². The molecule has 0 saturated carbocycles. The molecular formula is C15H22O2. The molecule has 1 aliphatic heterocycles. The summed E-state index contributed by atoms with van der Waals surface area (Å²) in [6.45, 7) is 7.01. The summed E-state index contributed by atoms with van der Waals surface area (Å²) >= 11 is 0. The van der Waals surface area contributed by atoms with E-state index in [0.29, 0.717) is 11.8 Å². The summed E-state index contributed by atoms with van der Waals surface area (Å²) in [6, 6.07) is 8.47. The fraction of sp³-hybridized carbons (Fsp3) is 0.600. The monoisotopic (exact) mass is 234 g/mol. The van der Waals surface area contributed by atoms with E-state index in [1.807, 2.05) is 0 Å². The van der Waals surface area contributed by atoms with Gasteiger partial charge in [-0.15, -0.1) is 0 Å². The molecule has 1 aromatic carbocycles. The second-order valence-electron chi connectivity index (χ2n) is 5.09. The van der Waals surface area contributed by atoms with Crippen molar-refractivity contribution in [2.24, 2.45) is 5.92 Å². The van der Waals surface area contributed by atoms with Gasteiger partial charge in [0, 0.05) is 13.2 Å². The highest BCUT2D eigenvalue weighted by Gasteiger charge is 2.14. The molecule has 2 nitrogen and oxygen atoms in total. The molecule has 2 heteroatoms. The summed E-state index contributed by atoms with van der Waals surface area (Å²) in [5, 5.41) is 0. The van der Waals surface area contributed by atoms with Crippen molar-refractivity contribution in [1.29, 1.82) is 0 Å². The first-order valence-electron chi connectivity index (χ1n) is 6.56. The molecule has 0 radical (unpaired) electrons. The summed E-state index contributed by atoms with van der Waals surface area (Å²) in [4.78, 5) is 0. The maximum Gasteiger partial charge on any atom is 0.119 e. The van der Waals surface area contributed by atoms with Crippen LogP contribution in [0.4, 0.5) is 0 Å². The molecule has 1 aromatic rings. The maximum absolute atomic E-state index is 5.82. The van der Waals surface area contributed by atoms with Crippen LogP contribution in [0.2, 0.25) is 0 Å². The standard InChI is InChI=1S/C15H22O2/c1-12(2)14-3-5-15(6-4-14)17-11-13-7-9-16-10-8-13/h3-6,12-13H,7-11H2,1-2H3. The van der Waals surface area contributed by atoms with E-state index in [9.17, 15) is 0 Å². The largest absolute Gasteiger partial charge is 0.493 e. The Bertz CT molecular complexity index is 323. The fourth-order valence-corrected chi connectivity index (χ4v) is 2.08. The van der Waals surface area contributed by atoms with Crippen LogP contribution in [0, 0.1) is 5.92 Å². The quantitative estimate of drug-likeness (QED) is 0.792. The van der Waals surface area contributed by atoms with Gasteiger partial charge in [0.2, 0.25) is 0 Å². The first kappa shape index (κ1) is 12.4. The average molecular weight is 234 g/mol. The molecule has 0 N–H and O–H groups in total. The lowest BCUT2D eigenvalue weighted by molar-refractivity contribution is 0.0497. The Kier molecular flexibility index (Phi) is 4.43. The highest BCUT2D eigenvalue weighted by atomic mass is 16.5. The van der Waals surface area contributed by atoms with Crippen LogP contribution in [0.15, 0.2) is 24.3 Å². The lowest BCUT2D eigenvalue weighted by Gasteiger charge is -2.22. The van der Waals surface area contributed by atoms with E-state index >= 15 is 0 Å². The summed E-state index contributed by atoms with van der Waals surface area (Å²) in [7, 11) is 0. The van der Waals surface area contributed by atoms with E-state index in [-0.39, 0.29) is 0 Å². The van der Waals surface area contributed by atoms with E-state index < -0.39 is 0 Å². The van der Waals surface area contributed by atoms with Gasteiger partial charge in [0.15, 0.2) is 0 Å². The second kappa shape index (κ2) is 6.06. The predicted octanol–water partition coefficient (Wildman–Crippen LogP) is 3.62. The first-order valence-corrected chi connectivity index (χ1v) is 6.56. The predicted molar refractivity (Wildman–Crippen MR) is 69.6 cm³/mol. The van der Waals surface area contributed by atoms with Crippen LogP contribution in [-0.4, -0.2) is 19.8 Å². The summed E-state index contributed by atoms with van der Waals surface area (Å²) in [5.74, 6) is 2.23. The molecule has 0 amide bonds. The maximum atomic E-state index is 5.82. The van der Waals surface area contributed by atoms with Gasteiger partial charge in [0.25, 0.3) is 0 Å². The molecule has 1 aliphatic rings. The number of hydrogen-bond donors (Lipinski definition) is 0. The van der Waals surface area contributed by atoms with Crippen molar-refractivity contribution in [2.75, 3.05) is 19.8 Å². The van der Waals surface area contributed by atoms with Gasteiger partial charge in [-0.05, 0) is 42.4 Å². The summed E-state index contributed by atoms with van der Waals surface area (Å²) in [5.41, 5.74) is 1.36. The van der Waals surface area contributed by atoms with E-state index in [4.69, 9.17) is 9.47 Å². The number of rotatable bonds is 4. The molecule has 0 aromatic heterocycles. The molecule has 1 fully saturated rings. The van der Waals surface area contributed by atoms with Crippen LogP contribution in [0.5, 0.6) is 5.75 Å². The normalized spacial score (nSPS) is 17.4. The third-order valence-electron chi connectivity index (χ3n) is 3.37. The van der Waals surface area contributed by atoms with Crippen LogP contribution < -0.4 is 4.74 Å². The van der Waals surface area contributed by atoms with Gasteiger partial charge in [0.1, 0.15) is 5.75 Å². The van der Waals surface area contributed by atoms with Gasteiger partial charge in [-0.2, -0.15) is 0 Å². The van der Waals surface area contributed by atoms with Gasteiger partial charge in [0.05, 0.1) is 6.61 Å². The molecular weight excluding hydrogens is 212 g/mol. The van der Waals surface area contributed by atoms with Crippen molar-refractivity contribution in [3.05, 3.63) is 29.8 Å². The number of hydrogen-bond acceptors (Lipinski definition) is 2. The Morgan fingerprint density at radius 3 is 2.41 bits per heavy atom. The van der Waals surface area contributed by atoms with E-state index in [1.54, 1.807) is 0 Å². The topological polar surface area (TPSA) is 18.5 Å². The third kappa shape index (κ3) is 3.74. The SMILES string of the molecule is CC(C)c1ccc(OCC2CCOCC2)cc1. The van der Waals surface area contributed by atoms with Crippen LogP contribution in [-0.2, 0) is 4.74 Å². The Morgan fingerprint density at radius 2 is 1.82 bits per heavy atom. The molecule has 1 saturated heterocycles. The van der Waals surface area contributed by atoms with Gasteiger partial charge in [-0.3, -0.25) is 0 Å². The molecule has 1 heterocycles. The fourth-order valence-electron chi connectivity index (χ4n) is 2.08. The third-order valence-corrected chi connectivity index (χ3v) is 3.37. The highest BCUT2D eigenvalue weighted by Crippen LogP contribution is 2.20. The van der Waals surface area contributed by atoms with Crippen LogP contribution in [0.25, 0.3) is 0 Å². The van der Waals surface area contributed by atoms with E-state index in [2.05, 4.69) is 38.1 Å². The minimum atomic E-state index is 0.583. The Morgan fingerprint density at radius 1 is 1.18 bits per heavy atom.